The minimum Gasteiger partial charge on any atom is -0.458 e. The first-order valence-electron chi connectivity index (χ1n) is 6.88. The molecule has 1 aromatic heterocycles. The lowest BCUT2D eigenvalue weighted by Gasteiger charge is -2.11. The van der Waals surface area contributed by atoms with Crippen molar-refractivity contribution >= 4 is 50.3 Å². The molecule has 0 unspecified atom stereocenters. The standard InChI is InChI=1S/C17H9BrClNO3/c18-13-5-6-14(19)12-7-9(23-15(12)13)8-20-16(21)10-3-1-2-4-11(10)17(20)22/h1-7H,8H2. The smallest absolute Gasteiger partial charge is 0.261 e. The second kappa shape index (κ2) is 5.22. The number of halogens is 2. The van der Waals surface area contributed by atoms with Crippen LogP contribution in [0.15, 0.2) is 51.4 Å². The van der Waals surface area contributed by atoms with Crippen molar-refractivity contribution in [2.75, 3.05) is 0 Å². The first-order chi connectivity index (χ1) is 11.1. The molecule has 4 nitrogen and oxygen atoms in total. The third kappa shape index (κ3) is 2.19. The zero-order chi connectivity index (χ0) is 16.1. The van der Waals surface area contributed by atoms with Crippen molar-refractivity contribution in [2.45, 2.75) is 6.54 Å². The molecule has 0 aliphatic carbocycles. The number of amides is 2. The van der Waals surface area contributed by atoms with E-state index < -0.39 is 0 Å². The molecule has 0 saturated heterocycles. The van der Waals surface area contributed by atoms with E-state index in [4.69, 9.17) is 16.0 Å². The van der Waals surface area contributed by atoms with Crippen LogP contribution in [-0.2, 0) is 6.54 Å². The van der Waals surface area contributed by atoms with Gasteiger partial charge in [-0.25, -0.2) is 0 Å². The monoisotopic (exact) mass is 389 g/mol. The first kappa shape index (κ1) is 14.5. The maximum absolute atomic E-state index is 12.4. The van der Waals surface area contributed by atoms with Crippen LogP contribution in [0.5, 0.6) is 0 Å². The lowest BCUT2D eigenvalue weighted by atomic mass is 10.1. The highest BCUT2D eigenvalue weighted by atomic mass is 79.9. The fourth-order valence-corrected chi connectivity index (χ4v) is 3.36. The number of furan rings is 1. The average molecular weight is 391 g/mol. The fourth-order valence-electron chi connectivity index (χ4n) is 2.73. The molecule has 3 aromatic rings. The van der Waals surface area contributed by atoms with Crippen molar-refractivity contribution < 1.29 is 14.0 Å². The van der Waals surface area contributed by atoms with Crippen molar-refractivity contribution in [1.82, 2.24) is 4.90 Å². The van der Waals surface area contributed by atoms with Crippen molar-refractivity contribution in [3.63, 3.8) is 0 Å². The van der Waals surface area contributed by atoms with Crippen LogP contribution in [0.2, 0.25) is 5.02 Å². The van der Waals surface area contributed by atoms with Gasteiger partial charge in [-0.05, 0) is 46.3 Å². The second-order valence-corrected chi connectivity index (χ2v) is 6.49. The van der Waals surface area contributed by atoms with Crippen molar-refractivity contribution in [3.05, 3.63) is 68.8 Å². The van der Waals surface area contributed by atoms with Gasteiger partial charge in [-0.2, -0.15) is 0 Å². The van der Waals surface area contributed by atoms with Gasteiger partial charge in [0.05, 0.1) is 27.2 Å². The highest BCUT2D eigenvalue weighted by Gasteiger charge is 2.35. The number of carbonyl (C=O) groups is 2. The molecule has 2 aromatic carbocycles. The van der Waals surface area contributed by atoms with Crippen molar-refractivity contribution in [2.24, 2.45) is 0 Å². The van der Waals surface area contributed by atoms with E-state index in [-0.39, 0.29) is 18.4 Å². The van der Waals surface area contributed by atoms with Crippen LogP contribution >= 0.6 is 27.5 Å². The molecule has 0 saturated carbocycles. The molecular weight excluding hydrogens is 382 g/mol. The Morgan fingerprint density at radius 2 is 1.70 bits per heavy atom. The molecule has 0 spiro atoms. The van der Waals surface area contributed by atoms with Crippen LogP contribution in [-0.4, -0.2) is 16.7 Å². The Hall–Kier alpha value is -2.11. The van der Waals surface area contributed by atoms with Crippen LogP contribution in [0.1, 0.15) is 26.5 Å². The lowest BCUT2D eigenvalue weighted by Crippen LogP contribution is -2.28. The summed E-state index contributed by atoms with van der Waals surface area (Å²) in [6, 6.07) is 12.1. The molecule has 114 valence electrons. The van der Waals surface area contributed by atoms with E-state index >= 15 is 0 Å². The molecular formula is C17H9BrClNO3. The van der Waals surface area contributed by atoms with Crippen LogP contribution in [0, 0.1) is 0 Å². The Morgan fingerprint density at radius 3 is 2.30 bits per heavy atom. The summed E-state index contributed by atoms with van der Waals surface area (Å²) in [6.45, 7) is 0.0732. The van der Waals surface area contributed by atoms with Crippen molar-refractivity contribution in [3.8, 4) is 0 Å². The molecule has 1 aliphatic rings. The van der Waals surface area contributed by atoms with Gasteiger partial charge >= 0.3 is 0 Å². The van der Waals surface area contributed by atoms with Crippen LogP contribution in [0.25, 0.3) is 11.0 Å². The summed E-state index contributed by atoms with van der Waals surface area (Å²) in [7, 11) is 0. The maximum atomic E-state index is 12.4. The Labute approximate surface area is 144 Å². The van der Waals surface area contributed by atoms with Crippen LogP contribution < -0.4 is 0 Å². The normalized spacial score (nSPS) is 13.9. The molecule has 6 heteroatoms. The summed E-state index contributed by atoms with van der Waals surface area (Å²) >= 11 is 9.57. The van der Waals surface area contributed by atoms with Gasteiger partial charge in [0, 0.05) is 5.39 Å². The predicted molar refractivity (Wildman–Crippen MR) is 89.6 cm³/mol. The third-order valence-electron chi connectivity index (χ3n) is 3.83. The van der Waals surface area contributed by atoms with E-state index in [1.54, 1.807) is 42.5 Å². The number of hydrogen-bond donors (Lipinski definition) is 0. The van der Waals surface area contributed by atoms with Gasteiger partial charge < -0.3 is 4.42 Å². The van der Waals surface area contributed by atoms with Crippen LogP contribution in [0.3, 0.4) is 0 Å². The largest absolute Gasteiger partial charge is 0.458 e. The Balaban J connectivity index is 1.72. The molecule has 23 heavy (non-hydrogen) atoms. The Kier molecular flexibility index (Phi) is 3.28. The minimum absolute atomic E-state index is 0.0732. The Bertz CT molecular complexity index is 905. The number of nitrogens with zero attached hydrogens (tertiary/aromatic N) is 1. The van der Waals surface area contributed by atoms with E-state index in [0.717, 1.165) is 9.86 Å². The quantitative estimate of drug-likeness (QED) is 0.599. The van der Waals surface area contributed by atoms with E-state index in [1.165, 1.54) is 4.90 Å². The summed E-state index contributed by atoms with van der Waals surface area (Å²) in [6.07, 6.45) is 0. The zero-order valence-electron chi connectivity index (χ0n) is 11.7. The number of hydrogen-bond acceptors (Lipinski definition) is 3. The molecule has 0 atom stereocenters. The zero-order valence-corrected chi connectivity index (χ0v) is 14.0. The second-order valence-electron chi connectivity index (χ2n) is 5.23. The lowest BCUT2D eigenvalue weighted by molar-refractivity contribution is 0.0632. The van der Waals surface area contributed by atoms with Crippen molar-refractivity contribution in [1.29, 1.82) is 0 Å². The van der Waals surface area contributed by atoms with Gasteiger partial charge in [0.2, 0.25) is 0 Å². The minimum atomic E-state index is -0.309. The van der Waals surface area contributed by atoms with Crippen LogP contribution in [0.4, 0.5) is 0 Å². The Morgan fingerprint density at radius 1 is 1.04 bits per heavy atom. The number of carbonyl (C=O) groups excluding carboxylic acids is 2. The predicted octanol–water partition coefficient (Wildman–Crippen LogP) is 4.64. The summed E-state index contributed by atoms with van der Waals surface area (Å²) in [5, 5.41) is 1.30. The number of imide groups is 1. The van der Waals surface area contributed by atoms with Gasteiger partial charge in [0.15, 0.2) is 0 Å². The van der Waals surface area contributed by atoms with Gasteiger partial charge in [-0.1, -0.05) is 23.7 Å². The molecule has 4 rings (SSSR count). The topological polar surface area (TPSA) is 50.5 Å². The summed E-state index contributed by atoms with van der Waals surface area (Å²) < 4.78 is 6.53. The van der Waals surface area contributed by atoms with Gasteiger partial charge in [0.1, 0.15) is 11.3 Å². The van der Waals surface area contributed by atoms with Gasteiger partial charge in [0.25, 0.3) is 11.8 Å². The fraction of sp³-hybridized carbons (Fsp3) is 0.0588. The highest BCUT2D eigenvalue weighted by molar-refractivity contribution is 9.10. The first-order valence-corrected chi connectivity index (χ1v) is 8.05. The third-order valence-corrected chi connectivity index (χ3v) is 4.78. The summed E-state index contributed by atoms with van der Waals surface area (Å²) in [5.41, 5.74) is 1.45. The highest BCUT2D eigenvalue weighted by Crippen LogP contribution is 2.34. The van der Waals surface area contributed by atoms with E-state index in [2.05, 4.69) is 15.9 Å². The maximum Gasteiger partial charge on any atom is 0.261 e. The molecule has 2 heterocycles. The number of fused-ring (bicyclic) bond motifs is 2. The van der Waals surface area contributed by atoms with Gasteiger partial charge in [-0.3, -0.25) is 14.5 Å². The summed E-state index contributed by atoms with van der Waals surface area (Å²) in [5.74, 6) is -0.115. The van der Waals surface area contributed by atoms with E-state index in [0.29, 0.717) is 27.5 Å². The number of benzene rings is 2. The number of rotatable bonds is 2. The van der Waals surface area contributed by atoms with E-state index in [1.807, 2.05) is 0 Å². The molecule has 2 amide bonds. The summed E-state index contributed by atoms with van der Waals surface area (Å²) in [4.78, 5) is 26.0. The molecule has 0 radical (unpaired) electrons. The molecule has 0 N–H and O–H groups in total. The molecule has 0 fully saturated rings. The average Bonchev–Trinajstić information content (AvgIpc) is 3.09. The van der Waals surface area contributed by atoms with E-state index in [9.17, 15) is 9.59 Å². The molecule has 0 bridgehead atoms. The SMILES string of the molecule is O=C1c2ccccc2C(=O)N1Cc1cc2c(Cl)ccc(Br)c2o1. The molecule has 1 aliphatic heterocycles. The van der Waals surface area contributed by atoms with Gasteiger partial charge in [-0.15, -0.1) is 0 Å².